The molecule has 5 nitrogen and oxygen atoms in total. The van der Waals surface area contributed by atoms with E-state index in [1.165, 1.54) is 0 Å². The molecule has 94 valence electrons. The fraction of sp³-hybridized carbons (Fsp3) is 0.385. The van der Waals surface area contributed by atoms with Crippen molar-refractivity contribution in [3.63, 3.8) is 0 Å². The fourth-order valence-corrected chi connectivity index (χ4v) is 2.24. The average molecular weight is 244 g/mol. The quantitative estimate of drug-likeness (QED) is 0.866. The van der Waals surface area contributed by atoms with Crippen LogP contribution >= 0.6 is 0 Å². The van der Waals surface area contributed by atoms with Gasteiger partial charge in [0.05, 0.1) is 17.3 Å². The Bertz CT molecular complexity index is 494. The molecule has 2 rings (SSSR count). The Balaban J connectivity index is 2.30. The number of carbonyl (C=O) groups excluding carboxylic acids is 1. The first-order valence-electron chi connectivity index (χ1n) is 5.92. The molecule has 1 saturated heterocycles. The van der Waals surface area contributed by atoms with Crippen molar-refractivity contribution in [2.75, 3.05) is 25.0 Å². The molecular formula is C13H16N4O. The van der Waals surface area contributed by atoms with Crippen molar-refractivity contribution in [2.45, 2.75) is 12.5 Å². The maximum Gasteiger partial charge on any atom is 0.324 e. The van der Waals surface area contributed by atoms with Gasteiger partial charge >= 0.3 is 6.03 Å². The van der Waals surface area contributed by atoms with Gasteiger partial charge in [-0.2, -0.15) is 5.26 Å². The third kappa shape index (κ3) is 2.03. The number of nitriles is 1. The highest BCUT2D eigenvalue weighted by Gasteiger charge is 2.35. The van der Waals surface area contributed by atoms with Crippen LogP contribution in [0.15, 0.2) is 24.3 Å². The highest BCUT2D eigenvalue weighted by Crippen LogP contribution is 2.26. The smallest absolute Gasteiger partial charge is 0.324 e. The summed E-state index contributed by atoms with van der Waals surface area (Å²) in [6.07, 6.45) is 0.771. The summed E-state index contributed by atoms with van der Waals surface area (Å²) in [5.74, 6) is 0. The molecule has 1 aliphatic rings. The Morgan fingerprint density at radius 3 is 2.89 bits per heavy atom. The van der Waals surface area contributed by atoms with Crippen LogP contribution in [0.5, 0.6) is 0 Å². The fourth-order valence-electron chi connectivity index (χ4n) is 2.24. The van der Waals surface area contributed by atoms with Crippen LogP contribution in [0.25, 0.3) is 0 Å². The third-order valence-corrected chi connectivity index (χ3v) is 3.29. The van der Waals surface area contributed by atoms with Gasteiger partial charge in [-0.1, -0.05) is 12.1 Å². The highest BCUT2D eigenvalue weighted by molar-refractivity contribution is 5.95. The van der Waals surface area contributed by atoms with E-state index in [-0.39, 0.29) is 12.1 Å². The van der Waals surface area contributed by atoms with E-state index in [4.69, 9.17) is 11.0 Å². The first kappa shape index (κ1) is 12.4. The second kappa shape index (κ2) is 5.07. The largest absolute Gasteiger partial charge is 0.330 e. The molecule has 1 fully saturated rings. The van der Waals surface area contributed by atoms with Crippen LogP contribution in [0.1, 0.15) is 12.0 Å². The molecule has 0 radical (unpaired) electrons. The molecule has 1 atom stereocenters. The van der Waals surface area contributed by atoms with Gasteiger partial charge in [-0.25, -0.2) is 4.79 Å². The summed E-state index contributed by atoms with van der Waals surface area (Å²) < 4.78 is 0. The molecule has 1 heterocycles. The first-order valence-corrected chi connectivity index (χ1v) is 5.92. The van der Waals surface area contributed by atoms with Gasteiger partial charge in [0, 0.05) is 13.6 Å². The monoisotopic (exact) mass is 244 g/mol. The predicted octanol–water partition coefficient (Wildman–Crippen LogP) is 1.15. The normalized spacial score (nSPS) is 19.2. The van der Waals surface area contributed by atoms with E-state index < -0.39 is 0 Å². The maximum absolute atomic E-state index is 12.2. The van der Waals surface area contributed by atoms with Gasteiger partial charge in [-0.15, -0.1) is 0 Å². The first-order chi connectivity index (χ1) is 8.69. The number of para-hydroxylation sites is 1. The molecular weight excluding hydrogens is 228 g/mol. The number of amides is 2. The lowest BCUT2D eigenvalue weighted by atomic mass is 10.1. The molecule has 0 aromatic heterocycles. The lowest BCUT2D eigenvalue weighted by molar-refractivity contribution is 0.217. The number of benzene rings is 1. The maximum atomic E-state index is 12.2. The lowest BCUT2D eigenvalue weighted by Crippen LogP contribution is -2.32. The van der Waals surface area contributed by atoms with E-state index in [0.29, 0.717) is 24.3 Å². The number of hydrogen-bond donors (Lipinski definition) is 1. The zero-order chi connectivity index (χ0) is 13.1. The van der Waals surface area contributed by atoms with Crippen molar-refractivity contribution in [3.8, 4) is 6.07 Å². The number of nitrogens with two attached hydrogens (primary N) is 1. The molecule has 1 unspecified atom stereocenters. The molecule has 0 spiro atoms. The second-order valence-electron chi connectivity index (χ2n) is 4.36. The summed E-state index contributed by atoms with van der Waals surface area (Å²) in [6.45, 7) is 1.14. The Morgan fingerprint density at radius 1 is 1.50 bits per heavy atom. The molecule has 5 heteroatoms. The van der Waals surface area contributed by atoms with Crippen LogP contribution in [-0.2, 0) is 0 Å². The van der Waals surface area contributed by atoms with Gasteiger partial charge in [0.2, 0.25) is 0 Å². The van der Waals surface area contributed by atoms with Crippen molar-refractivity contribution >= 4 is 11.7 Å². The van der Waals surface area contributed by atoms with E-state index in [9.17, 15) is 4.79 Å². The molecule has 2 amide bonds. The third-order valence-electron chi connectivity index (χ3n) is 3.29. The summed E-state index contributed by atoms with van der Waals surface area (Å²) in [6, 6.07) is 9.31. The number of urea groups is 1. The average Bonchev–Trinajstić information content (AvgIpc) is 2.67. The standard InChI is InChI=1S/C13H16N4O/c1-16-11(6-7-14)9-17(13(16)18)12-5-3-2-4-10(12)8-15/h2-5,11H,6-7,9,14H2,1H3. The zero-order valence-electron chi connectivity index (χ0n) is 10.3. The highest BCUT2D eigenvalue weighted by atomic mass is 16.2. The Labute approximate surface area is 106 Å². The van der Waals surface area contributed by atoms with E-state index >= 15 is 0 Å². The summed E-state index contributed by atoms with van der Waals surface area (Å²) in [5.41, 5.74) is 6.75. The molecule has 0 aliphatic carbocycles. The summed E-state index contributed by atoms with van der Waals surface area (Å²) in [7, 11) is 1.78. The number of hydrogen-bond acceptors (Lipinski definition) is 3. The zero-order valence-corrected chi connectivity index (χ0v) is 10.3. The molecule has 18 heavy (non-hydrogen) atoms. The van der Waals surface area contributed by atoms with Crippen LogP contribution in [0.4, 0.5) is 10.5 Å². The van der Waals surface area contributed by atoms with Gasteiger partial charge in [-0.3, -0.25) is 4.90 Å². The van der Waals surface area contributed by atoms with Crippen LogP contribution in [0.3, 0.4) is 0 Å². The minimum absolute atomic E-state index is 0.0730. The van der Waals surface area contributed by atoms with Crippen LogP contribution in [0.2, 0.25) is 0 Å². The van der Waals surface area contributed by atoms with E-state index in [1.807, 2.05) is 6.07 Å². The van der Waals surface area contributed by atoms with Gasteiger partial charge in [0.15, 0.2) is 0 Å². The molecule has 1 aliphatic heterocycles. The SMILES string of the molecule is CN1C(=O)N(c2ccccc2C#N)CC1CCN. The number of rotatable bonds is 3. The molecule has 0 saturated carbocycles. The van der Waals surface area contributed by atoms with Crippen LogP contribution < -0.4 is 10.6 Å². The van der Waals surface area contributed by atoms with E-state index in [2.05, 4.69) is 6.07 Å². The van der Waals surface area contributed by atoms with Crippen molar-refractivity contribution in [3.05, 3.63) is 29.8 Å². The topological polar surface area (TPSA) is 73.4 Å². The molecule has 2 N–H and O–H groups in total. The van der Waals surface area contributed by atoms with E-state index in [0.717, 1.165) is 6.42 Å². The van der Waals surface area contributed by atoms with Gasteiger partial charge in [0.25, 0.3) is 0 Å². The van der Waals surface area contributed by atoms with Crippen molar-refractivity contribution in [1.29, 1.82) is 5.26 Å². The second-order valence-corrected chi connectivity index (χ2v) is 4.36. The molecule has 1 aromatic carbocycles. The summed E-state index contributed by atoms with van der Waals surface area (Å²) >= 11 is 0. The number of anilines is 1. The summed E-state index contributed by atoms with van der Waals surface area (Å²) in [5, 5.41) is 9.08. The molecule has 1 aromatic rings. The van der Waals surface area contributed by atoms with E-state index in [1.54, 1.807) is 35.0 Å². The van der Waals surface area contributed by atoms with Crippen molar-refractivity contribution in [2.24, 2.45) is 5.73 Å². The lowest BCUT2D eigenvalue weighted by Gasteiger charge is -2.17. The number of likely N-dealkylation sites (N-methyl/N-ethyl adjacent to an activating group) is 1. The van der Waals surface area contributed by atoms with Crippen molar-refractivity contribution in [1.82, 2.24) is 4.90 Å². The van der Waals surface area contributed by atoms with Crippen LogP contribution in [-0.4, -0.2) is 37.1 Å². The minimum atomic E-state index is -0.0730. The van der Waals surface area contributed by atoms with Crippen LogP contribution in [0, 0.1) is 11.3 Å². The predicted molar refractivity (Wildman–Crippen MR) is 69.1 cm³/mol. The number of nitrogens with zero attached hydrogens (tertiary/aromatic N) is 3. The minimum Gasteiger partial charge on any atom is -0.330 e. The Morgan fingerprint density at radius 2 is 2.22 bits per heavy atom. The van der Waals surface area contributed by atoms with Gasteiger partial charge in [0.1, 0.15) is 6.07 Å². The van der Waals surface area contributed by atoms with Gasteiger partial charge in [-0.05, 0) is 25.1 Å². The Hall–Kier alpha value is -2.06. The summed E-state index contributed by atoms with van der Waals surface area (Å²) in [4.78, 5) is 15.5. The van der Waals surface area contributed by atoms with Gasteiger partial charge < -0.3 is 10.6 Å². The van der Waals surface area contributed by atoms with Crippen molar-refractivity contribution < 1.29 is 4.79 Å². The Kier molecular flexibility index (Phi) is 3.49. The number of carbonyl (C=O) groups is 1. The molecule has 0 bridgehead atoms.